The number of hydrogen-bond donors (Lipinski definition) is 2. The second-order valence-electron chi connectivity index (χ2n) is 6.83. The third-order valence-corrected chi connectivity index (χ3v) is 4.14. The van der Waals surface area contributed by atoms with E-state index in [2.05, 4.69) is 15.2 Å². The maximum atomic E-state index is 13.2. The number of nitrogens with zero attached hydrogens (tertiary/aromatic N) is 2. The third-order valence-electron chi connectivity index (χ3n) is 4.14. The molecule has 0 fully saturated rings. The molecular formula is C20H22FN3O. The molecule has 4 nitrogen and oxygen atoms in total. The molecule has 130 valence electrons. The van der Waals surface area contributed by atoms with Crippen molar-refractivity contribution < 1.29 is 9.50 Å². The fraction of sp³-hybridized carbons (Fsp3) is 0.300. The van der Waals surface area contributed by atoms with Gasteiger partial charge in [0, 0.05) is 29.2 Å². The maximum absolute atomic E-state index is 13.2. The standard InChI is InChI=1S/C20H22FN3O/c1-20(2,25)11-3-4-17-18(14-9-12-22-13-10-14)19(24-23-17)15-5-7-16(21)8-6-15/h5-10,12-13,25H,3-4,11H2,1-2H3,(H,23,24). The predicted octanol–water partition coefficient (Wildman–Crippen LogP) is 4.37. The summed E-state index contributed by atoms with van der Waals surface area (Å²) in [5, 5.41) is 17.5. The number of aromatic nitrogens is 3. The Hall–Kier alpha value is -2.53. The number of H-pyrrole nitrogens is 1. The monoisotopic (exact) mass is 339 g/mol. The first-order valence-electron chi connectivity index (χ1n) is 8.40. The lowest BCUT2D eigenvalue weighted by atomic mass is 9.95. The van der Waals surface area contributed by atoms with Crippen LogP contribution in [-0.2, 0) is 6.42 Å². The minimum absolute atomic E-state index is 0.268. The van der Waals surface area contributed by atoms with Crippen molar-refractivity contribution in [1.29, 1.82) is 0 Å². The second-order valence-corrected chi connectivity index (χ2v) is 6.83. The van der Waals surface area contributed by atoms with Crippen molar-refractivity contribution in [2.45, 2.75) is 38.7 Å². The van der Waals surface area contributed by atoms with E-state index < -0.39 is 5.60 Å². The smallest absolute Gasteiger partial charge is 0.123 e. The molecule has 0 spiro atoms. The Morgan fingerprint density at radius 3 is 2.36 bits per heavy atom. The lowest BCUT2D eigenvalue weighted by Crippen LogP contribution is -2.18. The van der Waals surface area contributed by atoms with Crippen LogP contribution in [0.3, 0.4) is 0 Å². The molecule has 0 amide bonds. The van der Waals surface area contributed by atoms with E-state index in [0.717, 1.165) is 40.9 Å². The van der Waals surface area contributed by atoms with Gasteiger partial charge in [0.05, 0.1) is 5.60 Å². The molecule has 1 aromatic carbocycles. The highest BCUT2D eigenvalue weighted by Crippen LogP contribution is 2.34. The van der Waals surface area contributed by atoms with E-state index in [0.29, 0.717) is 6.42 Å². The van der Waals surface area contributed by atoms with Crippen LogP contribution in [0.2, 0.25) is 0 Å². The number of rotatable bonds is 6. The quantitative estimate of drug-likeness (QED) is 0.701. The second kappa shape index (κ2) is 7.15. The van der Waals surface area contributed by atoms with Gasteiger partial charge in [0.15, 0.2) is 0 Å². The molecule has 3 aromatic rings. The van der Waals surface area contributed by atoms with Crippen molar-refractivity contribution in [3.63, 3.8) is 0 Å². The Morgan fingerprint density at radius 2 is 1.72 bits per heavy atom. The average molecular weight is 339 g/mol. The molecule has 0 aliphatic heterocycles. The Morgan fingerprint density at radius 1 is 1.04 bits per heavy atom. The van der Waals surface area contributed by atoms with Crippen LogP contribution in [0.4, 0.5) is 4.39 Å². The molecule has 0 bridgehead atoms. The minimum atomic E-state index is -0.684. The number of aromatic amines is 1. The van der Waals surface area contributed by atoms with Crippen molar-refractivity contribution in [1.82, 2.24) is 15.2 Å². The van der Waals surface area contributed by atoms with Gasteiger partial charge in [-0.15, -0.1) is 0 Å². The number of halogens is 1. The first-order valence-corrected chi connectivity index (χ1v) is 8.40. The minimum Gasteiger partial charge on any atom is -0.390 e. The summed E-state index contributed by atoms with van der Waals surface area (Å²) in [6.45, 7) is 3.63. The zero-order chi connectivity index (χ0) is 17.9. The van der Waals surface area contributed by atoms with E-state index in [1.54, 1.807) is 24.5 Å². The largest absolute Gasteiger partial charge is 0.390 e. The van der Waals surface area contributed by atoms with Gasteiger partial charge in [-0.1, -0.05) is 0 Å². The van der Waals surface area contributed by atoms with E-state index in [1.807, 2.05) is 26.0 Å². The first kappa shape index (κ1) is 17.3. The zero-order valence-corrected chi connectivity index (χ0v) is 14.5. The van der Waals surface area contributed by atoms with Crippen LogP contribution in [0.1, 0.15) is 32.4 Å². The summed E-state index contributed by atoms with van der Waals surface area (Å²) < 4.78 is 13.2. The van der Waals surface area contributed by atoms with Gasteiger partial charge in [0.25, 0.3) is 0 Å². The van der Waals surface area contributed by atoms with Gasteiger partial charge < -0.3 is 5.11 Å². The van der Waals surface area contributed by atoms with Crippen molar-refractivity contribution in [2.75, 3.05) is 0 Å². The van der Waals surface area contributed by atoms with Gasteiger partial charge in [-0.3, -0.25) is 10.1 Å². The van der Waals surface area contributed by atoms with E-state index in [9.17, 15) is 9.50 Å². The van der Waals surface area contributed by atoms with Crippen molar-refractivity contribution >= 4 is 0 Å². The Labute approximate surface area is 146 Å². The van der Waals surface area contributed by atoms with Crippen LogP contribution in [0, 0.1) is 5.82 Å². The molecule has 2 N–H and O–H groups in total. The van der Waals surface area contributed by atoms with Gasteiger partial charge in [-0.25, -0.2) is 4.39 Å². The highest BCUT2D eigenvalue weighted by Gasteiger charge is 2.18. The number of aliphatic hydroxyl groups is 1. The average Bonchev–Trinajstić information content (AvgIpc) is 2.99. The lowest BCUT2D eigenvalue weighted by molar-refractivity contribution is 0.0689. The summed E-state index contributed by atoms with van der Waals surface area (Å²) in [5.41, 5.74) is 4.00. The molecule has 25 heavy (non-hydrogen) atoms. The van der Waals surface area contributed by atoms with E-state index >= 15 is 0 Å². The van der Waals surface area contributed by atoms with Crippen LogP contribution >= 0.6 is 0 Å². The molecule has 2 aromatic heterocycles. The van der Waals surface area contributed by atoms with Crippen LogP contribution < -0.4 is 0 Å². The molecule has 0 atom stereocenters. The summed E-state index contributed by atoms with van der Waals surface area (Å²) >= 11 is 0. The van der Waals surface area contributed by atoms with Gasteiger partial charge in [0.2, 0.25) is 0 Å². The van der Waals surface area contributed by atoms with E-state index in [-0.39, 0.29) is 5.82 Å². The van der Waals surface area contributed by atoms with Crippen molar-refractivity contribution in [3.05, 3.63) is 60.3 Å². The van der Waals surface area contributed by atoms with Gasteiger partial charge in [-0.05, 0) is 75.1 Å². The highest BCUT2D eigenvalue weighted by molar-refractivity contribution is 5.82. The molecule has 0 saturated heterocycles. The summed E-state index contributed by atoms with van der Waals surface area (Å²) in [5.74, 6) is -0.268. The highest BCUT2D eigenvalue weighted by atomic mass is 19.1. The molecule has 0 aliphatic carbocycles. The third kappa shape index (κ3) is 4.31. The molecular weight excluding hydrogens is 317 g/mol. The van der Waals surface area contributed by atoms with E-state index in [1.165, 1.54) is 12.1 Å². The van der Waals surface area contributed by atoms with Crippen LogP contribution in [0.25, 0.3) is 22.4 Å². The fourth-order valence-electron chi connectivity index (χ4n) is 2.90. The Kier molecular flexibility index (Phi) is 4.95. The van der Waals surface area contributed by atoms with E-state index in [4.69, 9.17) is 0 Å². The van der Waals surface area contributed by atoms with Crippen molar-refractivity contribution in [2.24, 2.45) is 0 Å². The topological polar surface area (TPSA) is 61.8 Å². The van der Waals surface area contributed by atoms with Gasteiger partial charge in [-0.2, -0.15) is 5.10 Å². The number of benzene rings is 1. The molecule has 2 heterocycles. The Bertz CT molecular complexity index is 820. The number of nitrogens with one attached hydrogen (secondary N) is 1. The molecule has 5 heteroatoms. The number of hydrogen-bond acceptors (Lipinski definition) is 3. The summed E-state index contributed by atoms with van der Waals surface area (Å²) in [4.78, 5) is 4.08. The predicted molar refractivity (Wildman–Crippen MR) is 96.4 cm³/mol. The molecule has 3 rings (SSSR count). The SMILES string of the molecule is CC(C)(O)CCCc1[nH]nc(-c2ccc(F)cc2)c1-c1ccncc1. The Balaban J connectivity index is 1.97. The molecule has 0 unspecified atom stereocenters. The van der Waals surface area contributed by atoms with Crippen LogP contribution in [0.15, 0.2) is 48.8 Å². The van der Waals surface area contributed by atoms with Gasteiger partial charge in [0.1, 0.15) is 11.5 Å². The molecule has 0 aliphatic rings. The van der Waals surface area contributed by atoms with Crippen LogP contribution in [0.5, 0.6) is 0 Å². The van der Waals surface area contributed by atoms with Crippen LogP contribution in [-0.4, -0.2) is 25.9 Å². The molecule has 0 radical (unpaired) electrons. The fourth-order valence-corrected chi connectivity index (χ4v) is 2.90. The number of pyridine rings is 1. The summed E-state index contributed by atoms with van der Waals surface area (Å²) in [6, 6.07) is 10.2. The summed E-state index contributed by atoms with van der Waals surface area (Å²) in [7, 11) is 0. The van der Waals surface area contributed by atoms with Crippen molar-refractivity contribution in [3.8, 4) is 22.4 Å². The molecule has 0 saturated carbocycles. The maximum Gasteiger partial charge on any atom is 0.123 e. The summed E-state index contributed by atoms with van der Waals surface area (Å²) in [6.07, 6.45) is 5.81. The zero-order valence-electron chi connectivity index (χ0n) is 14.5. The normalized spacial score (nSPS) is 11.7. The first-order chi connectivity index (χ1) is 11.9. The lowest BCUT2D eigenvalue weighted by Gasteiger charge is -2.16. The number of aryl methyl sites for hydroxylation is 1. The van der Waals surface area contributed by atoms with Gasteiger partial charge >= 0.3 is 0 Å².